The Kier molecular flexibility index (Phi) is 4.94. The second kappa shape index (κ2) is 7.16. The van der Waals surface area contributed by atoms with Crippen LogP contribution >= 0.6 is 11.8 Å². The fourth-order valence-corrected chi connectivity index (χ4v) is 3.63. The van der Waals surface area contributed by atoms with Gasteiger partial charge in [0.2, 0.25) is 5.91 Å². The second-order valence-corrected chi connectivity index (χ2v) is 6.85. The number of benzene rings is 1. The average molecular weight is 377 g/mol. The minimum atomic E-state index is -0.676. The van der Waals surface area contributed by atoms with Crippen molar-refractivity contribution in [3.8, 4) is 5.75 Å². The van der Waals surface area contributed by atoms with E-state index in [1.807, 2.05) is 0 Å². The average Bonchev–Trinajstić information content (AvgIpc) is 3.20. The molecule has 0 spiro atoms. The van der Waals surface area contributed by atoms with E-state index in [0.29, 0.717) is 24.9 Å². The van der Waals surface area contributed by atoms with Crippen LogP contribution in [0.4, 0.5) is 10.5 Å². The van der Waals surface area contributed by atoms with Crippen molar-refractivity contribution in [2.24, 2.45) is 0 Å². The van der Waals surface area contributed by atoms with E-state index in [4.69, 9.17) is 0 Å². The Morgan fingerprint density at radius 2 is 2.00 bits per heavy atom. The Morgan fingerprint density at radius 3 is 2.65 bits per heavy atom. The highest BCUT2D eigenvalue weighted by atomic mass is 32.2. The van der Waals surface area contributed by atoms with Crippen LogP contribution in [0.3, 0.4) is 0 Å². The molecule has 0 saturated carbocycles. The smallest absolute Gasteiger partial charge is 0.294 e. The van der Waals surface area contributed by atoms with Crippen molar-refractivity contribution >= 4 is 40.6 Å². The largest absolute Gasteiger partial charge is 0.508 e. The molecule has 9 nitrogen and oxygen atoms in total. The molecule has 1 aromatic rings. The van der Waals surface area contributed by atoms with Crippen LogP contribution in [0.25, 0.3) is 6.08 Å². The predicted octanol–water partition coefficient (Wildman–Crippen LogP) is 1.96. The van der Waals surface area contributed by atoms with Crippen molar-refractivity contribution < 1.29 is 24.4 Å². The number of phenols is 1. The molecule has 0 unspecified atom stereocenters. The third-order valence-corrected chi connectivity index (χ3v) is 5.03. The van der Waals surface area contributed by atoms with Crippen molar-refractivity contribution in [2.45, 2.75) is 12.8 Å². The van der Waals surface area contributed by atoms with E-state index in [1.165, 1.54) is 6.08 Å². The van der Waals surface area contributed by atoms with Crippen LogP contribution in [0.2, 0.25) is 0 Å². The van der Waals surface area contributed by atoms with Crippen molar-refractivity contribution in [2.75, 3.05) is 19.6 Å². The number of hydrogen-bond donors (Lipinski definition) is 1. The standard InChI is InChI=1S/C16H15N3O6S/c20-11-3-4-12(19(24)25)10(7-11)8-13-15(22)18(16(23)26-13)9-14(21)17-5-1-2-6-17/h3-4,7-8,20H,1-2,5-6,9H2/b13-8+. The Morgan fingerprint density at radius 1 is 1.31 bits per heavy atom. The van der Waals surface area contributed by atoms with Gasteiger partial charge in [-0.3, -0.25) is 29.4 Å². The lowest BCUT2D eigenvalue weighted by atomic mass is 10.1. The fraction of sp³-hybridized carbons (Fsp3) is 0.312. The first-order valence-corrected chi connectivity index (χ1v) is 8.69. The second-order valence-electron chi connectivity index (χ2n) is 5.86. The normalized spacial score (nSPS) is 18.8. The van der Waals surface area contributed by atoms with Crippen LogP contribution in [0.1, 0.15) is 18.4 Å². The predicted molar refractivity (Wildman–Crippen MR) is 93.3 cm³/mol. The van der Waals surface area contributed by atoms with E-state index < -0.39 is 16.1 Å². The molecule has 136 valence electrons. The van der Waals surface area contributed by atoms with Gasteiger partial charge in [-0.05, 0) is 42.8 Å². The molecule has 26 heavy (non-hydrogen) atoms. The van der Waals surface area contributed by atoms with Crippen molar-refractivity contribution in [1.82, 2.24) is 9.80 Å². The number of carbonyl (C=O) groups excluding carboxylic acids is 3. The molecule has 0 radical (unpaired) electrons. The van der Waals surface area contributed by atoms with Gasteiger partial charge in [-0.15, -0.1) is 0 Å². The molecule has 0 atom stereocenters. The van der Waals surface area contributed by atoms with E-state index in [1.54, 1.807) is 4.90 Å². The number of nitro groups is 1. The van der Waals surface area contributed by atoms with Gasteiger partial charge < -0.3 is 10.0 Å². The zero-order valence-electron chi connectivity index (χ0n) is 13.6. The number of hydrogen-bond acceptors (Lipinski definition) is 7. The number of aromatic hydroxyl groups is 1. The zero-order valence-corrected chi connectivity index (χ0v) is 14.4. The van der Waals surface area contributed by atoms with E-state index in [-0.39, 0.29) is 34.4 Å². The van der Waals surface area contributed by atoms with Gasteiger partial charge in [-0.1, -0.05) is 0 Å². The molecular formula is C16H15N3O6S. The number of amides is 3. The molecule has 10 heteroatoms. The van der Waals surface area contributed by atoms with Crippen molar-refractivity contribution in [1.29, 1.82) is 0 Å². The lowest BCUT2D eigenvalue weighted by molar-refractivity contribution is -0.385. The monoisotopic (exact) mass is 377 g/mol. The topological polar surface area (TPSA) is 121 Å². The fourth-order valence-electron chi connectivity index (χ4n) is 2.80. The summed E-state index contributed by atoms with van der Waals surface area (Å²) in [5, 5.41) is 20.0. The number of thioether (sulfide) groups is 1. The number of nitrogens with zero attached hydrogens (tertiary/aromatic N) is 3. The first kappa shape index (κ1) is 17.9. The van der Waals surface area contributed by atoms with Crippen LogP contribution in [0.5, 0.6) is 5.75 Å². The molecule has 0 aliphatic carbocycles. The molecule has 2 heterocycles. The van der Waals surface area contributed by atoms with Crippen LogP contribution in [-0.2, 0) is 9.59 Å². The van der Waals surface area contributed by atoms with Gasteiger partial charge >= 0.3 is 0 Å². The highest BCUT2D eigenvalue weighted by molar-refractivity contribution is 8.18. The van der Waals surface area contributed by atoms with Crippen LogP contribution in [0.15, 0.2) is 23.1 Å². The van der Waals surface area contributed by atoms with Crippen molar-refractivity contribution in [3.05, 3.63) is 38.8 Å². The quantitative estimate of drug-likeness (QED) is 0.483. The summed E-state index contributed by atoms with van der Waals surface area (Å²) in [6.45, 7) is 0.880. The van der Waals surface area contributed by atoms with E-state index in [2.05, 4.69) is 0 Å². The highest BCUT2D eigenvalue weighted by Crippen LogP contribution is 2.34. The zero-order chi connectivity index (χ0) is 18.8. The van der Waals surface area contributed by atoms with E-state index >= 15 is 0 Å². The lowest BCUT2D eigenvalue weighted by Crippen LogP contribution is -2.40. The number of imide groups is 1. The summed E-state index contributed by atoms with van der Waals surface area (Å²) in [6.07, 6.45) is 2.98. The number of likely N-dealkylation sites (tertiary alicyclic amines) is 1. The van der Waals surface area contributed by atoms with Crippen molar-refractivity contribution in [3.63, 3.8) is 0 Å². The molecular weight excluding hydrogens is 362 g/mol. The molecule has 0 bridgehead atoms. The molecule has 1 aromatic carbocycles. The van der Waals surface area contributed by atoms with Gasteiger partial charge in [0.15, 0.2) is 0 Å². The molecule has 0 aromatic heterocycles. The summed E-state index contributed by atoms with van der Waals surface area (Å²) in [5.74, 6) is -1.18. The highest BCUT2D eigenvalue weighted by Gasteiger charge is 2.37. The maximum atomic E-state index is 12.4. The Balaban J connectivity index is 1.82. The number of nitro benzene ring substituents is 1. The van der Waals surface area contributed by atoms with Gasteiger partial charge in [0, 0.05) is 19.2 Å². The van der Waals surface area contributed by atoms with Gasteiger partial charge in [0.25, 0.3) is 16.8 Å². The number of rotatable bonds is 4. The van der Waals surface area contributed by atoms with Crippen LogP contribution < -0.4 is 0 Å². The number of phenolic OH excluding ortho intramolecular Hbond substituents is 1. The summed E-state index contributed by atoms with van der Waals surface area (Å²) < 4.78 is 0. The van der Waals surface area contributed by atoms with E-state index in [9.17, 15) is 29.6 Å². The maximum absolute atomic E-state index is 12.4. The lowest BCUT2D eigenvalue weighted by Gasteiger charge is -2.18. The Hall–Kier alpha value is -2.88. The molecule has 2 aliphatic heterocycles. The summed E-state index contributed by atoms with van der Waals surface area (Å²) in [4.78, 5) is 49.6. The van der Waals surface area contributed by atoms with Gasteiger partial charge in [0.05, 0.1) is 15.4 Å². The molecule has 1 N–H and O–H groups in total. The molecule has 2 fully saturated rings. The molecule has 2 aliphatic rings. The summed E-state index contributed by atoms with van der Waals surface area (Å²) in [7, 11) is 0. The van der Waals surface area contributed by atoms with E-state index in [0.717, 1.165) is 35.9 Å². The molecule has 3 rings (SSSR count). The SMILES string of the molecule is O=C(CN1C(=O)S/C(=C/c2cc(O)ccc2[N+](=O)[O-])C1=O)N1CCCC1. The molecule has 2 saturated heterocycles. The minimum absolute atomic E-state index is 0.00590. The first-order valence-electron chi connectivity index (χ1n) is 7.87. The summed E-state index contributed by atoms with van der Waals surface area (Å²) >= 11 is 0.611. The third-order valence-electron chi connectivity index (χ3n) is 4.12. The van der Waals surface area contributed by atoms with Crippen LogP contribution in [0, 0.1) is 10.1 Å². The maximum Gasteiger partial charge on any atom is 0.294 e. The first-order chi connectivity index (χ1) is 12.4. The minimum Gasteiger partial charge on any atom is -0.508 e. The molecule has 3 amide bonds. The third kappa shape index (κ3) is 3.54. The Labute approximate surface area is 152 Å². The number of carbonyl (C=O) groups is 3. The van der Waals surface area contributed by atoms with Gasteiger partial charge in [-0.2, -0.15) is 0 Å². The summed E-state index contributed by atoms with van der Waals surface area (Å²) in [6, 6.07) is 3.42. The van der Waals surface area contributed by atoms with Gasteiger partial charge in [-0.25, -0.2) is 0 Å². The summed E-state index contributed by atoms with van der Waals surface area (Å²) in [5.41, 5.74) is -0.297. The van der Waals surface area contributed by atoms with Gasteiger partial charge in [0.1, 0.15) is 12.3 Å². The Bertz CT molecular complexity index is 831. The van der Waals surface area contributed by atoms with Crippen LogP contribution in [-0.4, -0.2) is 56.5 Å².